The normalized spacial score (nSPS) is 10.5. The Morgan fingerprint density at radius 3 is 2.80 bits per heavy atom. The Bertz CT molecular complexity index is 532. The molecule has 3 nitrogen and oxygen atoms in total. The number of hydrogen-bond donors (Lipinski definition) is 0. The Balaban J connectivity index is 2.72. The van der Waals surface area contributed by atoms with Gasteiger partial charge in [0.15, 0.2) is 0 Å². The molecule has 1 aromatic heterocycles. The van der Waals surface area contributed by atoms with E-state index in [4.69, 9.17) is 5.26 Å². The third kappa shape index (κ3) is 1.48. The second-order valence-corrected chi connectivity index (χ2v) is 3.44. The Labute approximate surface area is 89.0 Å². The zero-order valence-electron chi connectivity index (χ0n) is 8.99. The van der Waals surface area contributed by atoms with E-state index in [2.05, 4.69) is 29.5 Å². The molecule has 0 fully saturated rings. The van der Waals surface area contributed by atoms with E-state index in [1.807, 2.05) is 18.2 Å². The summed E-state index contributed by atoms with van der Waals surface area (Å²) in [6.45, 7) is 5.13. The Kier molecular flexibility index (Phi) is 2.42. The number of aryl methyl sites for hydroxylation is 2. The van der Waals surface area contributed by atoms with Crippen LogP contribution in [0.3, 0.4) is 0 Å². The molecule has 0 atom stereocenters. The van der Waals surface area contributed by atoms with E-state index < -0.39 is 0 Å². The minimum Gasteiger partial charge on any atom is -0.328 e. The zero-order chi connectivity index (χ0) is 10.8. The van der Waals surface area contributed by atoms with Crippen molar-refractivity contribution in [2.45, 2.75) is 26.8 Å². The van der Waals surface area contributed by atoms with Gasteiger partial charge >= 0.3 is 0 Å². The summed E-state index contributed by atoms with van der Waals surface area (Å²) in [7, 11) is 0. The second-order valence-electron chi connectivity index (χ2n) is 3.44. The van der Waals surface area contributed by atoms with Crippen molar-refractivity contribution in [3.63, 3.8) is 0 Å². The molecule has 1 aromatic carbocycles. The van der Waals surface area contributed by atoms with Crippen LogP contribution in [-0.2, 0) is 13.0 Å². The van der Waals surface area contributed by atoms with Crippen LogP contribution in [0.2, 0.25) is 0 Å². The van der Waals surface area contributed by atoms with Crippen LogP contribution >= 0.6 is 0 Å². The molecule has 0 aliphatic heterocycles. The Hall–Kier alpha value is -1.82. The molecule has 76 valence electrons. The first-order valence-corrected chi connectivity index (χ1v) is 5.19. The zero-order valence-corrected chi connectivity index (χ0v) is 8.99. The van der Waals surface area contributed by atoms with Gasteiger partial charge in [0.1, 0.15) is 5.82 Å². The van der Waals surface area contributed by atoms with Gasteiger partial charge in [-0.05, 0) is 25.1 Å². The number of imidazole rings is 1. The van der Waals surface area contributed by atoms with Crippen molar-refractivity contribution in [2.75, 3.05) is 0 Å². The number of rotatable bonds is 2. The summed E-state index contributed by atoms with van der Waals surface area (Å²) in [5.41, 5.74) is 2.71. The highest BCUT2D eigenvalue weighted by Gasteiger charge is 2.07. The van der Waals surface area contributed by atoms with Gasteiger partial charge in [-0.25, -0.2) is 4.98 Å². The molecule has 0 N–H and O–H groups in total. The summed E-state index contributed by atoms with van der Waals surface area (Å²) in [5, 5.41) is 8.80. The van der Waals surface area contributed by atoms with Crippen LogP contribution in [0.5, 0.6) is 0 Å². The van der Waals surface area contributed by atoms with Gasteiger partial charge in [-0.2, -0.15) is 5.26 Å². The highest BCUT2D eigenvalue weighted by molar-refractivity contribution is 5.77. The Morgan fingerprint density at radius 2 is 2.20 bits per heavy atom. The number of hydrogen-bond acceptors (Lipinski definition) is 2. The quantitative estimate of drug-likeness (QED) is 0.745. The van der Waals surface area contributed by atoms with Crippen molar-refractivity contribution in [2.24, 2.45) is 0 Å². The fraction of sp³-hybridized carbons (Fsp3) is 0.333. The van der Waals surface area contributed by atoms with Crippen molar-refractivity contribution in [3.05, 3.63) is 29.6 Å². The van der Waals surface area contributed by atoms with E-state index in [9.17, 15) is 0 Å². The molecular formula is C12H13N3. The van der Waals surface area contributed by atoms with Gasteiger partial charge in [-0.1, -0.05) is 6.92 Å². The molecule has 0 radical (unpaired) electrons. The van der Waals surface area contributed by atoms with Gasteiger partial charge in [0.2, 0.25) is 0 Å². The van der Waals surface area contributed by atoms with Gasteiger partial charge in [0.25, 0.3) is 0 Å². The molecule has 0 spiro atoms. The summed E-state index contributed by atoms with van der Waals surface area (Å²) in [4.78, 5) is 4.52. The molecule has 0 unspecified atom stereocenters. The van der Waals surface area contributed by atoms with Crippen LogP contribution in [0.25, 0.3) is 11.0 Å². The van der Waals surface area contributed by atoms with Crippen LogP contribution in [0.15, 0.2) is 18.2 Å². The summed E-state index contributed by atoms with van der Waals surface area (Å²) in [6.07, 6.45) is 0.921. The first-order chi connectivity index (χ1) is 7.30. The molecule has 2 aromatic rings. The number of aromatic nitrogens is 2. The van der Waals surface area contributed by atoms with Crippen molar-refractivity contribution in [1.82, 2.24) is 9.55 Å². The lowest BCUT2D eigenvalue weighted by Crippen LogP contribution is -1.99. The molecular weight excluding hydrogens is 186 g/mol. The largest absolute Gasteiger partial charge is 0.328 e. The maximum atomic E-state index is 8.80. The molecule has 0 amide bonds. The van der Waals surface area contributed by atoms with Crippen LogP contribution in [0.1, 0.15) is 25.2 Å². The van der Waals surface area contributed by atoms with Gasteiger partial charge in [-0.3, -0.25) is 0 Å². The smallest absolute Gasteiger partial charge is 0.109 e. The van der Waals surface area contributed by atoms with Crippen LogP contribution in [0, 0.1) is 11.3 Å². The average Bonchev–Trinajstić information content (AvgIpc) is 2.65. The van der Waals surface area contributed by atoms with Crippen molar-refractivity contribution >= 4 is 11.0 Å². The molecule has 3 heteroatoms. The fourth-order valence-electron chi connectivity index (χ4n) is 1.87. The van der Waals surface area contributed by atoms with Gasteiger partial charge < -0.3 is 4.57 Å². The van der Waals surface area contributed by atoms with E-state index in [1.165, 1.54) is 0 Å². The van der Waals surface area contributed by atoms with E-state index in [0.29, 0.717) is 5.56 Å². The van der Waals surface area contributed by atoms with Crippen LogP contribution in [-0.4, -0.2) is 9.55 Å². The monoisotopic (exact) mass is 199 g/mol. The standard InChI is InChI=1S/C12H13N3/c1-3-12-14-10-7-9(8-13)5-6-11(10)15(12)4-2/h5-7H,3-4H2,1-2H3. The summed E-state index contributed by atoms with van der Waals surface area (Å²) < 4.78 is 2.19. The van der Waals surface area contributed by atoms with Gasteiger partial charge in [0, 0.05) is 13.0 Å². The molecule has 2 rings (SSSR count). The van der Waals surface area contributed by atoms with Gasteiger partial charge in [-0.15, -0.1) is 0 Å². The lowest BCUT2D eigenvalue weighted by atomic mass is 10.2. The molecule has 1 heterocycles. The molecule has 0 saturated carbocycles. The number of nitriles is 1. The molecule has 0 aliphatic rings. The highest BCUT2D eigenvalue weighted by atomic mass is 15.1. The average molecular weight is 199 g/mol. The lowest BCUT2D eigenvalue weighted by Gasteiger charge is -2.02. The SMILES string of the molecule is CCc1nc2cc(C#N)ccc2n1CC. The fourth-order valence-corrected chi connectivity index (χ4v) is 1.87. The van der Waals surface area contributed by atoms with E-state index in [1.54, 1.807) is 0 Å². The van der Waals surface area contributed by atoms with Crippen LogP contribution in [0.4, 0.5) is 0 Å². The minimum absolute atomic E-state index is 0.672. The second kappa shape index (κ2) is 3.74. The van der Waals surface area contributed by atoms with E-state index >= 15 is 0 Å². The summed E-state index contributed by atoms with van der Waals surface area (Å²) >= 11 is 0. The molecule has 0 saturated heterocycles. The first kappa shape index (κ1) is 9.72. The first-order valence-electron chi connectivity index (χ1n) is 5.19. The summed E-state index contributed by atoms with van der Waals surface area (Å²) in [6, 6.07) is 7.80. The molecule has 0 bridgehead atoms. The molecule has 15 heavy (non-hydrogen) atoms. The predicted molar refractivity (Wildman–Crippen MR) is 59.5 cm³/mol. The van der Waals surface area contributed by atoms with E-state index in [-0.39, 0.29) is 0 Å². The maximum Gasteiger partial charge on any atom is 0.109 e. The van der Waals surface area contributed by atoms with Crippen molar-refractivity contribution in [1.29, 1.82) is 5.26 Å². The van der Waals surface area contributed by atoms with E-state index in [0.717, 1.165) is 29.8 Å². The lowest BCUT2D eigenvalue weighted by molar-refractivity contribution is 0.726. The van der Waals surface area contributed by atoms with Crippen molar-refractivity contribution < 1.29 is 0 Å². The van der Waals surface area contributed by atoms with Gasteiger partial charge in [0.05, 0.1) is 22.7 Å². The predicted octanol–water partition coefficient (Wildman–Crippen LogP) is 2.49. The third-order valence-electron chi connectivity index (χ3n) is 2.59. The third-order valence-corrected chi connectivity index (χ3v) is 2.59. The van der Waals surface area contributed by atoms with Crippen LogP contribution < -0.4 is 0 Å². The number of nitrogens with zero attached hydrogens (tertiary/aromatic N) is 3. The Morgan fingerprint density at radius 1 is 1.40 bits per heavy atom. The minimum atomic E-state index is 0.672. The molecule has 0 aliphatic carbocycles. The number of benzene rings is 1. The highest BCUT2D eigenvalue weighted by Crippen LogP contribution is 2.18. The topological polar surface area (TPSA) is 41.6 Å². The number of fused-ring (bicyclic) bond motifs is 1. The van der Waals surface area contributed by atoms with Crippen molar-refractivity contribution in [3.8, 4) is 6.07 Å². The maximum absolute atomic E-state index is 8.80. The summed E-state index contributed by atoms with van der Waals surface area (Å²) in [5.74, 6) is 1.09.